The molecule has 1 aliphatic rings. The van der Waals surface area contributed by atoms with Gasteiger partial charge in [-0.2, -0.15) is 0 Å². The molecule has 0 aromatic heterocycles. The fourth-order valence-electron chi connectivity index (χ4n) is 1.73. The van der Waals surface area contributed by atoms with Crippen LogP contribution in [0.4, 0.5) is 0 Å². The summed E-state index contributed by atoms with van der Waals surface area (Å²) in [5.74, 6) is 0.358. The maximum atomic E-state index is 11.4. The Kier molecular flexibility index (Phi) is 4.94. The predicted molar refractivity (Wildman–Crippen MR) is 58.1 cm³/mol. The van der Waals surface area contributed by atoms with Gasteiger partial charge in [-0.15, -0.1) is 0 Å². The van der Waals surface area contributed by atoms with Crippen molar-refractivity contribution in [2.45, 2.75) is 45.6 Å². The summed E-state index contributed by atoms with van der Waals surface area (Å²) in [6.45, 7) is 5.98. The van der Waals surface area contributed by atoms with Gasteiger partial charge in [0, 0.05) is 18.5 Å². The normalized spacial score (nSPS) is 23.4. The highest BCUT2D eigenvalue weighted by atomic mass is 16.1. The Morgan fingerprint density at radius 2 is 2.43 bits per heavy atom. The van der Waals surface area contributed by atoms with Crippen molar-refractivity contribution in [3.63, 3.8) is 0 Å². The molecular weight excluding hydrogens is 176 g/mol. The summed E-state index contributed by atoms with van der Waals surface area (Å²) in [4.78, 5) is 11.4. The summed E-state index contributed by atoms with van der Waals surface area (Å²) in [6.07, 6.45) is 4.54. The largest absolute Gasteiger partial charge is 0.356 e. The Bertz CT molecular complexity index is 176. The standard InChI is InChI=1S/C11H22N2O/c1-3-9(2)11(14)13-8-6-10-5-4-7-12-10/h9-10,12H,3-8H2,1-2H3,(H,13,14). The molecule has 2 unspecified atom stereocenters. The van der Waals surface area contributed by atoms with E-state index in [2.05, 4.69) is 10.6 Å². The van der Waals surface area contributed by atoms with E-state index in [4.69, 9.17) is 0 Å². The molecule has 2 N–H and O–H groups in total. The van der Waals surface area contributed by atoms with Gasteiger partial charge in [-0.1, -0.05) is 13.8 Å². The van der Waals surface area contributed by atoms with Crippen molar-refractivity contribution >= 4 is 5.91 Å². The molecule has 0 aromatic rings. The van der Waals surface area contributed by atoms with E-state index in [-0.39, 0.29) is 11.8 Å². The second-order valence-electron chi connectivity index (χ2n) is 4.18. The molecule has 0 bridgehead atoms. The van der Waals surface area contributed by atoms with Crippen LogP contribution < -0.4 is 10.6 Å². The number of carbonyl (C=O) groups is 1. The lowest BCUT2D eigenvalue weighted by Crippen LogP contribution is -2.33. The molecule has 1 heterocycles. The van der Waals surface area contributed by atoms with Gasteiger partial charge in [0.2, 0.25) is 5.91 Å². The minimum Gasteiger partial charge on any atom is -0.356 e. The summed E-state index contributed by atoms with van der Waals surface area (Å²) < 4.78 is 0. The predicted octanol–water partition coefficient (Wildman–Crippen LogP) is 1.29. The second kappa shape index (κ2) is 6.02. The zero-order chi connectivity index (χ0) is 10.4. The van der Waals surface area contributed by atoms with Crippen molar-refractivity contribution in [3.05, 3.63) is 0 Å². The Balaban J connectivity index is 2.05. The highest BCUT2D eigenvalue weighted by Gasteiger charge is 2.14. The monoisotopic (exact) mass is 198 g/mol. The molecule has 0 aromatic carbocycles. The molecule has 1 rings (SSSR count). The molecule has 1 saturated heterocycles. The summed E-state index contributed by atoms with van der Waals surface area (Å²) in [6, 6.07) is 0.632. The highest BCUT2D eigenvalue weighted by molar-refractivity contribution is 5.78. The molecule has 0 spiro atoms. The van der Waals surface area contributed by atoms with Gasteiger partial charge in [0.05, 0.1) is 0 Å². The average Bonchev–Trinajstić information content (AvgIpc) is 2.69. The Hall–Kier alpha value is -0.570. The van der Waals surface area contributed by atoms with Crippen LogP contribution in [0.2, 0.25) is 0 Å². The first kappa shape index (κ1) is 11.5. The third kappa shape index (κ3) is 3.66. The number of rotatable bonds is 5. The molecule has 0 saturated carbocycles. The van der Waals surface area contributed by atoms with Crippen LogP contribution >= 0.6 is 0 Å². The van der Waals surface area contributed by atoms with Crippen LogP contribution in [0.1, 0.15) is 39.5 Å². The van der Waals surface area contributed by atoms with Crippen molar-refractivity contribution in [1.82, 2.24) is 10.6 Å². The van der Waals surface area contributed by atoms with Crippen molar-refractivity contribution in [1.29, 1.82) is 0 Å². The van der Waals surface area contributed by atoms with E-state index < -0.39 is 0 Å². The first-order chi connectivity index (χ1) is 6.74. The van der Waals surface area contributed by atoms with E-state index in [0.717, 1.165) is 25.9 Å². The topological polar surface area (TPSA) is 41.1 Å². The number of amides is 1. The first-order valence-electron chi connectivity index (χ1n) is 5.75. The Morgan fingerprint density at radius 3 is 3.00 bits per heavy atom. The summed E-state index contributed by atoms with van der Waals surface area (Å²) in [7, 11) is 0. The zero-order valence-corrected chi connectivity index (χ0v) is 9.31. The highest BCUT2D eigenvalue weighted by Crippen LogP contribution is 2.07. The van der Waals surface area contributed by atoms with Crippen molar-refractivity contribution < 1.29 is 4.79 Å². The number of nitrogens with one attached hydrogen (secondary N) is 2. The molecule has 1 amide bonds. The summed E-state index contributed by atoms with van der Waals surface area (Å²) in [5.41, 5.74) is 0. The van der Waals surface area contributed by atoms with Crippen molar-refractivity contribution in [2.24, 2.45) is 5.92 Å². The molecule has 3 heteroatoms. The van der Waals surface area contributed by atoms with Gasteiger partial charge in [0.15, 0.2) is 0 Å². The molecular formula is C11H22N2O. The van der Waals surface area contributed by atoms with Crippen LogP contribution in [-0.2, 0) is 4.79 Å². The molecule has 0 aliphatic carbocycles. The fourth-order valence-corrected chi connectivity index (χ4v) is 1.73. The molecule has 3 nitrogen and oxygen atoms in total. The van der Waals surface area contributed by atoms with Crippen LogP contribution in [0, 0.1) is 5.92 Å². The maximum Gasteiger partial charge on any atom is 0.222 e. The van der Waals surface area contributed by atoms with Gasteiger partial charge >= 0.3 is 0 Å². The van der Waals surface area contributed by atoms with Crippen LogP contribution in [0.5, 0.6) is 0 Å². The lowest BCUT2D eigenvalue weighted by atomic mass is 10.1. The number of hydrogen-bond donors (Lipinski definition) is 2. The van der Waals surface area contributed by atoms with Gasteiger partial charge in [-0.3, -0.25) is 4.79 Å². The van der Waals surface area contributed by atoms with Gasteiger partial charge in [-0.05, 0) is 32.2 Å². The Labute approximate surface area is 86.6 Å². The molecule has 0 radical (unpaired) electrons. The SMILES string of the molecule is CCC(C)C(=O)NCCC1CCCN1. The number of carbonyl (C=O) groups excluding carboxylic acids is 1. The van der Waals surface area contributed by atoms with E-state index >= 15 is 0 Å². The van der Waals surface area contributed by atoms with Gasteiger partial charge in [-0.25, -0.2) is 0 Å². The molecule has 2 atom stereocenters. The maximum absolute atomic E-state index is 11.4. The van der Waals surface area contributed by atoms with Crippen molar-refractivity contribution in [3.8, 4) is 0 Å². The minimum atomic E-state index is 0.159. The molecule has 1 aliphatic heterocycles. The van der Waals surface area contributed by atoms with Gasteiger partial charge in [0.1, 0.15) is 0 Å². The molecule has 1 fully saturated rings. The zero-order valence-electron chi connectivity index (χ0n) is 9.31. The lowest BCUT2D eigenvalue weighted by Gasteiger charge is -2.13. The summed E-state index contributed by atoms with van der Waals surface area (Å²) >= 11 is 0. The van der Waals surface area contributed by atoms with Gasteiger partial charge in [0.25, 0.3) is 0 Å². The third-order valence-corrected chi connectivity index (χ3v) is 3.01. The van der Waals surface area contributed by atoms with E-state index in [1.54, 1.807) is 0 Å². The third-order valence-electron chi connectivity index (χ3n) is 3.01. The van der Waals surface area contributed by atoms with E-state index in [1.807, 2.05) is 13.8 Å². The second-order valence-corrected chi connectivity index (χ2v) is 4.18. The summed E-state index contributed by atoms with van der Waals surface area (Å²) in [5, 5.41) is 6.40. The van der Waals surface area contributed by atoms with E-state index in [0.29, 0.717) is 6.04 Å². The van der Waals surface area contributed by atoms with Gasteiger partial charge < -0.3 is 10.6 Å². The number of hydrogen-bond acceptors (Lipinski definition) is 2. The van der Waals surface area contributed by atoms with Crippen molar-refractivity contribution in [2.75, 3.05) is 13.1 Å². The average molecular weight is 198 g/mol. The quantitative estimate of drug-likeness (QED) is 0.699. The van der Waals surface area contributed by atoms with Crippen LogP contribution in [0.3, 0.4) is 0 Å². The van der Waals surface area contributed by atoms with Crippen LogP contribution in [-0.4, -0.2) is 25.0 Å². The van der Waals surface area contributed by atoms with Crippen LogP contribution in [0.25, 0.3) is 0 Å². The molecule has 82 valence electrons. The molecule has 14 heavy (non-hydrogen) atoms. The van der Waals surface area contributed by atoms with Crippen LogP contribution in [0.15, 0.2) is 0 Å². The lowest BCUT2D eigenvalue weighted by molar-refractivity contribution is -0.124. The van der Waals surface area contributed by atoms with E-state index in [9.17, 15) is 4.79 Å². The minimum absolute atomic E-state index is 0.159. The fraction of sp³-hybridized carbons (Fsp3) is 0.909. The smallest absolute Gasteiger partial charge is 0.222 e. The Morgan fingerprint density at radius 1 is 1.64 bits per heavy atom. The first-order valence-corrected chi connectivity index (χ1v) is 5.75. The van der Waals surface area contributed by atoms with E-state index in [1.165, 1.54) is 12.8 Å².